The molecule has 0 aromatic carbocycles. The van der Waals surface area contributed by atoms with Gasteiger partial charge in [0, 0.05) is 19.0 Å². The van der Waals surface area contributed by atoms with E-state index in [0.717, 1.165) is 25.3 Å². The fraction of sp³-hybridized carbons (Fsp3) is 0.875. The quantitative estimate of drug-likeness (QED) is 0.715. The maximum absolute atomic E-state index is 4.40. The van der Waals surface area contributed by atoms with Crippen LogP contribution in [-0.4, -0.2) is 27.4 Å². The zero-order valence-corrected chi connectivity index (χ0v) is 13.9. The van der Waals surface area contributed by atoms with Crippen molar-refractivity contribution in [1.82, 2.24) is 20.1 Å². The zero-order chi connectivity index (χ0) is 15.0. The van der Waals surface area contributed by atoms with Gasteiger partial charge in [-0.15, -0.1) is 0 Å². The maximum Gasteiger partial charge on any atom is 0.138 e. The van der Waals surface area contributed by atoms with E-state index in [1.54, 1.807) is 6.33 Å². The Balaban J connectivity index is 2.40. The smallest absolute Gasteiger partial charge is 0.138 e. The number of hydrogen-bond acceptors (Lipinski definition) is 3. The fourth-order valence-electron chi connectivity index (χ4n) is 2.46. The SMILES string of the molecule is CCCNC(CCCc1ncnn1CC(C)C)C(C)C. The minimum absolute atomic E-state index is 0.616. The average Bonchev–Trinajstić information content (AvgIpc) is 2.79. The van der Waals surface area contributed by atoms with Gasteiger partial charge in [0.25, 0.3) is 0 Å². The Morgan fingerprint density at radius 3 is 2.60 bits per heavy atom. The van der Waals surface area contributed by atoms with Crippen molar-refractivity contribution in [3.05, 3.63) is 12.2 Å². The summed E-state index contributed by atoms with van der Waals surface area (Å²) in [4.78, 5) is 4.40. The first kappa shape index (κ1) is 17.2. The third-order valence-electron chi connectivity index (χ3n) is 3.61. The van der Waals surface area contributed by atoms with Crippen LogP contribution in [0.15, 0.2) is 6.33 Å². The van der Waals surface area contributed by atoms with Crippen molar-refractivity contribution < 1.29 is 0 Å². The van der Waals surface area contributed by atoms with Crippen LogP contribution in [0.1, 0.15) is 59.7 Å². The second-order valence-electron chi connectivity index (χ2n) is 6.45. The number of aromatic nitrogens is 3. The molecule has 0 aliphatic heterocycles. The Labute approximate surface area is 124 Å². The molecule has 1 rings (SSSR count). The first-order chi connectivity index (χ1) is 9.54. The van der Waals surface area contributed by atoms with Gasteiger partial charge in [-0.2, -0.15) is 5.10 Å². The lowest BCUT2D eigenvalue weighted by Crippen LogP contribution is -2.34. The highest BCUT2D eigenvalue weighted by atomic mass is 15.3. The van der Waals surface area contributed by atoms with E-state index in [2.05, 4.69) is 54.7 Å². The van der Waals surface area contributed by atoms with Gasteiger partial charge < -0.3 is 5.32 Å². The van der Waals surface area contributed by atoms with Crippen LogP contribution in [0, 0.1) is 11.8 Å². The number of nitrogens with one attached hydrogen (secondary N) is 1. The van der Waals surface area contributed by atoms with Gasteiger partial charge in [0.15, 0.2) is 0 Å². The molecule has 1 aromatic heterocycles. The van der Waals surface area contributed by atoms with Crippen LogP contribution >= 0.6 is 0 Å². The molecule has 0 saturated carbocycles. The first-order valence-electron chi connectivity index (χ1n) is 8.14. The van der Waals surface area contributed by atoms with Crippen LogP contribution < -0.4 is 5.32 Å². The first-order valence-corrected chi connectivity index (χ1v) is 8.14. The molecule has 0 amide bonds. The molecular weight excluding hydrogens is 248 g/mol. The van der Waals surface area contributed by atoms with E-state index >= 15 is 0 Å². The lowest BCUT2D eigenvalue weighted by atomic mass is 9.98. The van der Waals surface area contributed by atoms with Crippen LogP contribution in [0.2, 0.25) is 0 Å². The van der Waals surface area contributed by atoms with E-state index < -0.39 is 0 Å². The van der Waals surface area contributed by atoms with Gasteiger partial charge in [0.05, 0.1) is 0 Å². The van der Waals surface area contributed by atoms with Crippen molar-refractivity contribution in [2.45, 2.75) is 72.9 Å². The van der Waals surface area contributed by atoms with Crippen molar-refractivity contribution in [3.8, 4) is 0 Å². The molecule has 0 spiro atoms. The number of hydrogen-bond donors (Lipinski definition) is 1. The summed E-state index contributed by atoms with van der Waals surface area (Å²) in [7, 11) is 0. The number of nitrogens with zero attached hydrogens (tertiary/aromatic N) is 3. The summed E-state index contributed by atoms with van der Waals surface area (Å²) in [5, 5.41) is 7.98. The van der Waals surface area contributed by atoms with Gasteiger partial charge in [0.1, 0.15) is 12.2 Å². The molecule has 1 aromatic rings. The topological polar surface area (TPSA) is 42.7 Å². The summed E-state index contributed by atoms with van der Waals surface area (Å²) in [5.74, 6) is 2.44. The van der Waals surface area contributed by atoms with Gasteiger partial charge in [-0.25, -0.2) is 9.67 Å². The summed E-state index contributed by atoms with van der Waals surface area (Å²) in [5.41, 5.74) is 0. The Kier molecular flexibility index (Phi) is 7.82. The fourth-order valence-corrected chi connectivity index (χ4v) is 2.46. The molecule has 0 bridgehead atoms. The maximum atomic E-state index is 4.40. The zero-order valence-electron chi connectivity index (χ0n) is 13.9. The molecule has 0 radical (unpaired) electrons. The number of aryl methyl sites for hydroxylation is 1. The van der Waals surface area contributed by atoms with Crippen molar-refractivity contribution >= 4 is 0 Å². The van der Waals surface area contributed by atoms with Crippen molar-refractivity contribution in [2.75, 3.05) is 6.54 Å². The number of rotatable bonds is 10. The predicted octanol–water partition coefficient (Wildman–Crippen LogP) is 3.28. The lowest BCUT2D eigenvalue weighted by Gasteiger charge is -2.22. The summed E-state index contributed by atoms with van der Waals surface area (Å²) >= 11 is 0. The van der Waals surface area contributed by atoms with Gasteiger partial charge in [-0.1, -0.05) is 34.6 Å². The average molecular weight is 280 g/mol. The summed E-state index contributed by atoms with van der Waals surface area (Å²) in [6, 6.07) is 0.622. The van der Waals surface area contributed by atoms with Crippen LogP contribution in [0.4, 0.5) is 0 Å². The standard InChI is InChI=1S/C16H32N4/c1-6-10-17-15(14(4)5)8-7-9-16-18-12-19-20(16)11-13(2)3/h12-15,17H,6-11H2,1-5H3. The molecule has 4 heteroatoms. The van der Waals surface area contributed by atoms with Gasteiger partial charge in [-0.05, 0) is 37.6 Å². The molecule has 0 fully saturated rings. The van der Waals surface area contributed by atoms with E-state index in [1.807, 2.05) is 0 Å². The predicted molar refractivity (Wildman–Crippen MR) is 84.7 cm³/mol. The van der Waals surface area contributed by atoms with Crippen molar-refractivity contribution in [3.63, 3.8) is 0 Å². The van der Waals surface area contributed by atoms with Gasteiger partial charge in [0.2, 0.25) is 0 Å². The second kappa shape index (κ2) is 9.11. The Morgan fingerprint density at radius 2 is 2.00 bits per heavy atom. The van der Waals surface area contributed by atoms with E-state index in [-0.39, 0.29) is 0 Å². The monoisotopic (exact) mass is 280 g/mol. The Morgan fingerprint density at radius 1 is 1.25 bits per heavy atom. The third kappa shape index (κ3) is 6.04. The van der Waals surface area contributed by atoms with Gasteiger partial charge in [-0.3, -0.25) is 0 Å². The molecule has 4 nitrogen and oxygen atoms in total. The van der Waals surface area contributed by atoms with Crippen molar-refractivity contribution in [1.29, 1.82) is 0 Å². The van der Waals surface area contributed by atoms with Crippen LogP contribution in [-0.2, 0) is 13.0 Å². The lowest BCUT2D eigenvalue weighted by molar-refractivity contribution is 0.367. The van der Waals surface area contributed by atoms with Gasteiger partial charge >= 0.3 is 0 Å². The molecular formula is C16H32N4. The normalized spacial score (nSPS) is 13.3. The van der Waals surface area contributed by atoms with E-state index in [1.165, 1.54) is 19.3 Å². The highest BCUT2D eigenvalue weighted by Crippen LogP contribution is 2.12. The van der Waals surface area contributed by atoms with E-state index in [0.29, 0.717) is 17.9 Å². The summed E-state index contributed by atoms with van der Waals surface area (Å²) in [6.07, 6.45) is 6.31. The van der Waals surface area contributed by atoms with Crippen LogP contribution in [0.25, 0.3) is 0 Å². The van der Waals surface area contributed by atoms with Crippen molar-refractivity contribution in [2.24, 2.45) is 11.8 Å². The van der Waals surface area contributed by atoms with Crippen LogP contribution in [0.5, 0.6) is 0 Å². The molecule has 1 atom stereocenters. The minimum atomic E-state index is 0.616. The molecule has 0 aliphatic carbocycles. The van der Waals surface area contributed by atoms with Crippen LogP contribution in [0.3, 0.4) is 0 Å². The van der Waals surface area contributed by atoms with E-state index in [4.69, 9.17) is 0 Å². The highest BCUT2D eigenvalue weighted by molar-refractivity contribution is 4.86. The Hall–Kier alpha value is -0.900. The molecule has 0 saturated heterocycles. The molecule has 116 valence electrons. The molecule has 1 N–H and O–H groups in total. The third-order valence-corrected chi connectivity index (χ3v) is 3.61. The summed E-state index contributed by atoms with van der Waals surface area (Å²) < 4.78 is 2.06. The van der Waals surface area contributed by atoms with E-state index in [9.17, 15) is 0 Å². The summed E-state index contributed by atoms with van der Waals surface area (Å²) in [6.45, 7) is 13.3. The molecule has 20 heavy (non-hydrogen) atoms. The Bertz CT molecular complexity index is 357. The largest absolute Gasteiger partial charge is 0.314 e. The molecule has 1 heterocycles. The second-order valence-corrected chi connectivity index (χ2v) is 6.45. The highest BCUT2D eigenvalue weighted by Gasteiger charge is 2.13. The minimum Gasteiger partial charge on any atom is -0.314 e. The molecule has 1 unspecified atom stereocenters. The molecule has 0 aliphatic rings.